The van der Waals surface area contributed by atoms with Crippen molar-refractivity contribution in [2.45, 2.75) is 13.8 Å². The molecule has 1 N–H and O–H groups in total. The number of nitriles is 1. The second-order valence-corrected chi connectivity index (χ2v) is 3.94. The highest BCUT2D eigenvalue weighted by Gasteiger charge is 2.12. The van der Waals surface area contributed by atoms with Crippen molar-refractivity contribution in [3.63, 3.8) is 0 Å². The number of hydrogen-bond donors (Lipinski definition) is 1. The number of nitrogens with one attached hydrogen (secondary N) is 1. The van der Waals surface area contributed by atoms with E-state index < -0.39 is 0 Å². The Kier molecular flexibility index (Phi) is 4.53. The van der Waals surface area contributed by atoms with Gasteiger partial charge in [-0.25, -0.2) is 0 Å². The molecule has 0 aliphatic carbocycles. The molecule has 17 heavy (non-hydrogen) atoms. The summed E-state index contributed by atoms with van der Waals surface area (Å²) in [4.78, 5) is 11.9. The first-order chi connectivity index (χ1) is 8.08. The molecule has 1 aromatic rings. The minimum atomic E-state index is -0.215. The van der Waals surface area contributed by atoms with Gasteiger partial charge in [-0.3, -0.25) is 4.79 Å². The molecule has 0 saturated heterocycles. The molecular formula is C13H16N2O2. The van der Waals surface area contributed by atoms with Gasteiger partial charge in [-0.15, -0.1) is 0 Å². The van der Waals surface area contributed by atoms with E-state index in [1.165, 1.54) is 7.11 Å². The van der Waals surface area contributed by atoms with Gasteiger partial charge in [0.2, 0.25) is 0 Å². The number of benzene rings is 1. The lowest BCUT2D eigenvalue weighted by Crippen LogP contribution is -2.28. The van der Waals surface area contributed by atoms with Crippen LogP contribution >= 0.6 is 0 Å². The van der Waals surface area contributed by atoms with Crippen LogP contribution in [0.5, 0.6) is 5.75 Å². The molecule has 1 rings (SSSR count). The fourth-order valence-corrected chi connectivity index (χ4v) is 1.39. The summed E-state index contributed by atoms with van der Waals surface area (Å²) in [7, 11) is 1.53. The number of rotatable bonds is 4. The standard InChI is InChI=1S/C13H16N2O2/c1-9-4-5-12(17-3)11(6-9)13(16)15-8-10(2)7-14/h4-6,10H,8H2,1-3H3,(H,15,16). The first-order valence-electron chi connectivity index (χ1n) is 5.41. The van der Waals surface area contributed by atoms with E-state index in [2.05, 4.69) is 11.4 Å². The second-order valence-electron chi connectivity index (χ2n) is 3.94. The molecule has 4 nitrogen and oxygen atoms in total. The van der Waals surface area contributed by atoms with E-state index >= 15 is 0 Å². The normalized spacial score (nSPS) is 11.4. The topological polar surface area (TPSA) is 62.1 Å². The van der Waals surface area contributed by atoms with Crippen LogP contribution in [0.25, 0.3) is 0 Å². The van der Waals surface area contributed by atoms with Crippen molar-refractivity contribution in [1.82, 2.24) is 5.32 Å². The number of ether oxygens (including phenoxy) is 1. The van der Waals surface area contributed by atoms with Gasteiger partial charge in [0.15, 0.2) is 0 Å². The molecule has 1 unspecified atom stereocenters. The summed E-state index contributed by atoms with van der Waals surface area (Å²) < 4.78 is 5.13. The second kappa shape index (κ2) is 5.90. The Morgan fingerprint density at radius 3 is 2.88 bits per heavy atom. The number of nitrogens with zero attached hydrogens (tertiary/aromatic N) is 1. The molecule has 0 aromatic heterocycles. The zero-order chi connectivity index (χ0) is 12.8. The lowest BCUT2D eigenvalue weighted by molar-refractivity contribution is 0.0947. The monoisotopic (exact) mass is 232 g/mol. The van der Waals surface area contributed by atoms with Crippen molar-refractivity contribution < 1.29 is 9.53 Å². The predicted octanol–water partition coefficient (Wildman–Crippen LogP) is 1.89. The molecule has 0 spiro atoms. The summed E-state index contributed by atoms with van der Waals surface area (Å²) in [6.45, 7) is 4.01. The molecule has 90 valence electrons. The highest BCUT2D eigenvalue weighted by molar-refractivity contribution is 5.97. The molecule has 1 atom stereocenters. The van der Waals surface area contributed by atoms with Gasteiger partial charge in [0, 0.05) is 6.54 Å². The van der Waals surface area contributed by atoms with Crippen LogP contribution in [0.2, 0.25) is 0 Å². The Morgan fingerprint density at radius 2 is 2.29 bits per heavy atom. The van der Waals surface area contributed by atoms with Gasteiger partial charge in [0.05, 0.1) is 24.7 Å². The summed E-state index contributed by atoms with van der Waals surface area (Å²) in [6.07, 6.45) is 0. The van der Waals surface area contributed by atoms with Crippen LogP contribution in [0.3, 0.4) is 0 Å². The Labute approximate surface area is 101 Å². The first-order valence-corrected chi connectivity index (χ1v) is 5.41. The SMILES string of the molecule is COc1ccc(C)cc1C(=O)NCC(C)C#N. The van der Waals surface area contributed by atoms with E-state index in [-0.39, 0.29) is 11.8 Å². The van der Waals surface area contributed by atoms with Crippen molar-refractivity contribution in [2.75, 3.05) is 13.7 Å². The summed E-state index contributed by atoms with van der Waals surface area (Å²) in [5.41, 5.74) is 1.49. The van der Waals surface area contributed by atoms with Crippen molar-refractivity contribution in [3.05, 3.63) is 29.3 Å². The summed E-state index contributed by atoms with van der Waals surface area (Å²) >= 11 is 0. The predicted molar refractivity (Wildman–Crippen MR) is 64.8 cm³/mol. The third-order valence-electron chi connectivity index (χ3n) is 2.39. The van der Waals surface area contributed by atoms with Crippen molar-refractivity contribution in [1.29, 1.82) is 5.26 Å². The van der Waals surface area contributed by atoms with Crippen LogP contribution in [-0.4, -0.2) is 19.6 Å². The van der Waals surface area contributed by atoms with E-state index in [0.29, 0.717) is 17.9 Å². The van der Waals surface area contributed by atoms with Gasteiger partial charge in [-0.2, -0.15) is 5.26 Å². The molecule has 0 radical (unpaired) electrons. The van der Waals surface area contributed by atoms with Gasteiger partial charge < -0.3 is 10.1 Å². The quantitative estimate of drug-likeness (QED) is 0.862. The third-order valence-corrected chi connectivity index (χ3v) is 2.39. The summed E-state index contributed by atoms with van der Waals surface area (Å²) in [5, 5.41) is 11.3. The fraction of sp³-hybridized carbons (Fsp3) is 0.385. The maximum absolute atomic E-state index is 11.9. The van der Waals surface area contributed by atoms with Crippen LogP contribution in [0.4, 0.5) is 0 Å². The Balaban J connectivity index is 2.81. The van der Waals surface area contributed by atoms with Crippen molar-refractivity contribution in [2.24, 2.45) is 5.92 Å². The van der Waals surface area contributed by atoms with Crippen molar-refractivity contribution >= 4 is 5.91 Å². The van der Waals surface area contributed by atoms with Gasteiger partial charge in [0.25, 0.3) is 5.91 Å². The van der Waals surface area contributed by atoms with Gasteiger partial charge in [0.1, 0.15) is 5.75 Å². The number of methoxy groups -OCH3 is 1. The zero-order valence-electron chi connectivity index (χ0n) is 10.3. The number of amides is 1. The molecule has 0 aliphatic rings. The number of carbonyl (C=O) groups is 1. The Bertz CT molecular complexity index is 449. The van der Waals surface area contributed by atoms with Gasteiger partial charge in [-0.05, 0) is 26.0 Å². The summed E-state index contributed by atoms with van der Waals surface area (Å²) in [5.74, 6) is 0.125. The molecule has 0 saturated carbocycles. The molecule has 0 fully saturated rings. The van der Waals surface area contributed by atoms with Crippen molar-refractivity contribution in [3.8, 4) is 11.8 Å². The number of carbonyl (C=O) groups excluding carboxylic acids is 1. The minimum absolute atomic E-state index is 0.199. The molecule has 1 amide bonds. The minimum Gasteiger partial charge on any atom is -0.496 e. The number of aryl methyl sites for hydroxylation is 1. The lowest BCUT2D eigenvalue weighted by atomic mass is 10.1. The molecular weight excluding hydrogens is 216 g/mol. The number of hydrogen-bond acceptors (Lipinski definition) is 3. The smallest absolute Gasteiger partial charge is 0.255 e. The maximum Gasteiger partial charge on any atom is 0.255 e. The molecule has 0 heterocycles. The van der Waals surface area contributed by atoms with Gasteiger partial charge >= 0.3 is 0 Å². The van der Waals surface area contributed by atoms with Crippen LogP contribution < -0.4 is 10.1 Å². The van der Waals surface area contributed by atoms with Crippen LogP contribution in [0.15, 0.2) is 18.2 Å². The largest absolute Gasteiger partial charge is 0.496 e. The van der Waals surface area contributed by atoms with E-state index in [1.807, 2.05) is 13.0 Å². The molecule has 4 heteroatoms. The van der Waals surface area contributed by atoms with Crippen LogP contribution in [0.1, 0.15) is 22.8 Å². The molecule has 1 aromatic carbocycles. The van der Waals surface area contributed by atoms with Crippen LogP contribution in [0, 0.1) is 24.2 Å². The highest BCUT2D eigenvalue weighted by atomic mass is 16.5. The molecule has 0 bridgehead atoms. The lowest BCUT2D eigenvalue weighted by Gasteiger charge is -2.10. The van der Waals surface area contributed by atoms with E-state index in [9.17, 15) is 4.79 Å². The van der Waals surface area contributed by atoms with Gasteiger partial charge in [-0.1, -0.05) is 11.6 Å². The van der Waals surface area contributed by atoms with E-state index in [0.717, 1.165) is 5.56 Å². The zero-order valence-corrected chi connectivity index (χ0v) is 10.3. The Hall–Kier alpha value is -2.02. The fourth-order valence-electron chi connectivity index (χ4n) is 1.39. The van der Waals surface area contributed by atoms with E-state index in [4.69, 9.17) is 10.00 Å². The highest BCUT2D eigenvalue weighted by Crippen LogP contribution is 2.19. The first kappa shape index (κ1) is 13.0. The average molecular weight is 232 g/mol. The Morgan fingerprint density at radius 1 is 1.59 bits per heavy atom. The summed E-state index contributed by atoms with van der Waals surface area (Å²) in [6, 6.07) is 7.48. The molecule has 0 aliphatic heterocycles. The van der Waals surface area contributed by atoms with E-state index in [1.54, 1.807) is 19.1 Å². The average Bonchev–Trinajstić information content (AvgIpc) is 2.35. The third kappa shape index (κ3) is 3.49. The maximum atomic E-state index is 11.9. The van der Waals surface area contributed by atoms with Crippen LogP contribution in [-0.2, 0) is 0 Å².